The number of sulfonamides is 1. The van der Waals surface area contributed by atoms with Gasteiger partial charge >= 0.3 is 0 Å². The number of hydrogen-bond acceptors (Lipinski definition) is 5. The van der Waals surface area contributed by atoms with Gasteiger partial charge < -0.3 is 4.74 Å². The van der Waals surface area contributed by atoms with Crippen LogP contribution in [0.3, 0.4) is 0 Å². The molecule has 0 bridgehead atoms. The molecule has 1 aliphatic rings. The number of nitrogens with zero attached hydrogens (tertiary/aromatic N) is 3. The van der Waals surface area contributed by atoms with E-state index < -0.39 is 10.0 Å². The molecule has 2 aromatic heterocycles. The smallest absolute Gasteiger partial charge is 0.261 e. The lowest BCUT2D eigenvalue weighted by Gasteiger charge is -2.12. The number of rotatable bonds is 4. The summed E-state index contributed by atoms with van der Waals surface area (Å²) < 4.78 is 35.9. The summed E-state index contributed by atoms with van der Waals surface area (Å²) in [6.07, 6.45) is 6.14. The number of anilines is 1. The highest BCUT2D eigenvalue weighted by Gasteiger charge is 2.20. The van der Waals surface area contributed by atoms with Crippen LogP contribution in [-0.4, -0.2) is 29.4 Å². The molecule has 4 aromatic rings. The maximum Gasteiger partial charge on any atom is 0.261 e. The Morgan fingerprint density at radius 3 is 2.93 bits per heavy atom. The number of nitrogens with one attached hydrogen (secondary N) is 1. The molecule has 0 fully saturated rings. The van der Waals surface area contributed by atoms with Crippen LogP contribution in [0.1, 0.15) is 11.1 Å². The molecule has 0 aliphatic carbocycles. The van der Waals surface area contributed by atoms with Gasteiger partial charge in [-0.05, 0) is 48.4 Å². The highest BCUT2D eigenvalue weighted by atomic mass is 32.2. The SMILES string of the molecule is Cc1ccc(-c2cn3cccnc3n2)cc1NS(=O)(=O)c1ccc2c(c1)CCO2. The van der Waals surface area contributed by atoms with Crippen LogP contribution >= 0.6 is 0 Å². The minimum Gasteiger partial charge on any atom is -0.493 e. The molecule has 2 aromatic carbocycles. The summed E-state index contributed by atoms with van der Waals surface area (Å²) in [4.78, 5) is 8.96. The van der Waals surface area contributed by atoms with Crippen LogP contribution in [0.4, 0.5) is 5.69 Å². The molecule has 0 unspecified atom stereocenters. The van der Waals surface area contributed by atoms with Gasteiger partial charge in [0.1, 0.15) is 5.75 Å². The first-order valence-electron chi connectivity index (χ1n) is 9.19. The molecule has 1 aliphatic heterocycles. The molecule has 7 nitrogen and oxygen atoms in total. The Labute approximate surface area is 168 Å². The van der Waals surface area contributed by atoms with Crippen LogP contribution in [0.5, 0.6) is 5.75 Å². The molecule has 1 N–H and O–H groups in total. The van der Waals surface area contributed by atoms with Crippen molar-refractivity contribution in [1.29, 1.82) is 0 Å². The summed E-state index contributed by atoms with van der Waals surface area (Å²) in [5.41, 5.74) is 3.78. The van der Waals surface area contributed by atoms with Gasteiger partial charge in [-0.15, -0.1) is 0 Å². The zero-order chi connectivity index (χ0) is 20.0. The van der Waals surface area contributed by atoms with E-state index in [1.165, 1.54) is 0 Å². The number of hydrogen-bond donors (Lipinski definition) is 1. The van der Waals surface area contributed by atoms with Gasteiger partial charge in [-0.2, -0.15) is 0 Å². The summed E-state index contributed by atoms with van der Waals surface area (Å²) in [7, 11) is -3.72. The van der Waals surface area contributed by atoms with E-state index in [0.29, 0.717) is 18.1 Å². The minimum atomic E-state index is -3.72. The van der Waals surface area contributed by atoms with E-state index in [9.17, 15) is 8.42 Å². The van der Waals surface area contributed by atoms with E-state index in [2.05, 4.69) is 14.7 Å². The van der Waals surface area contributed by atoms with Crippen molar-refractivity contribution < 1.29 is 13.2 Å². The fraction of sp³-hybridized carbons (Fsp3) is 0.143. The van der Waals surface area contributed by atoms with Crippen LogP contribution < -0.4 is 9.46 Å². The third-order valence-electron chi connectivity index (χ3n) is 4.98. The fourth-order valence-electron chi connectivity index (χ4n) is 3.39. The van der Waals surface area contributed by atoms with E-state index in [1.54, 1.807) is 30.5 Å². The van der Waals surface area contributed by atoms with Gasteiger partial charge in [-0.1, -0.05) is 12.1 Å². The molecule has 0 saturated heterocycles. The number of ether oxygens (including phenoxy) is 1. The molecule has 0 saturated carbocycles. The molecule has 0 atom stereocenters. The summed E-state index contributed by atoms with van der Waals surface area (Å²) in [5, 5.41) is 0. The Bertz CT molecular complexity index is 1310. The molecule has 29 heavy (non-hydrogen) atoms. The maximum absolute atomic E-state index is 13.0. The van der Waals surface area contributed by atoms with Gasteiger partial charge in [-0.3, -0.25) is 9.12 Å². The van der Waals surface area contributed by atoms with Crippen LogP contribution in [0.25, 0.3) is 17.0 Å². The molecule has 8 heteroatoms. The first kappa shape index (κ1) is 17.7. The molecular weight excluding hydrogens is 388 g/mol. The van der Waals surface area contributed by atoms with Gasteiger partial charge in [-0.25, -0.2) is 18.4 Å². The lowest BCUT2D eigenvalue weighted by atomic mass is 10.1. The highest BCUT2D eigenvalue weighted by Crippen LogP contribution is 2.30. The number of fused-ring (bicyclic) bond motifs is 2. The number of imidazole rings is 1. The summed E-state index contributed by atoms with van der Waals surface area (Å²) >= 11 is 0. The van der Waals surface area contributed by atoms with Crippen molar-refractivity contribution in [2.45, 2.75) is 18.2 Å². The van der Waals surface area contributed by atoms with Crippen molar-refractivity contribution in [2.24, 2.45) is 0 Å². The molecule has 3 heterocycles. The zero-order valence-corrected chi connectivity index (χ0v) is 16.5. The van der Waals surface area contributed by atoms with E-state index in [1.807, 2.05) is 41.9 Å². The second-order valence-corrected chi connectivity index (χ2v) is 8.64. The Kier molecular flexibility index (Phi) is 4.02. The van der Waals surface area contributed by atoms with E-state index in [-0.39, 0.29) is 4.90 Å². The van der Waals surface area contributed by atoms with Crippen molar-refractivity contribution in [1.82, 2.24) is 14.4 Å². The van der Waals surface area contributed by atoms with Crippen LogP contribution in [0, 0.1) is 6.92 Å². The number of aryl methyl sites for hydroxylation is 1. The van der Waals surface area contributed by atoms with Gasteiger partial charge in [0.05, 0.1) is 22.9 Å². The quantitative estimate of drug-likeness (QED) is 0.561. The Hall–Kier alpha value is -3.39. The predicted molar refractivity (Wildman–Crippen MR) is 110 cm³/mol. The number of benzene rings is 2. The normalized spacial score (nSPS) is 13.3. The van der Waals surface area contributed by atoms with Crippen molar-refractivity contribution >= 4 is 21.5 Å². The van der Waals surface area contributed by atoms with Crippen molar-refractivity contribution in [3.05, 3.63) is 72.2 Å². The van der Waals surface area contributed by atoms with Crippen LogP contribution in [-0.2, 0) is 16.4 Å². The average Bonchev–Trinajstić information content (AvgIpc) is 3.35. The highest BCUT2D eigenvalue weighted by molar-refractivity contribution is 7.92. The predicted octanol–water partition coefficient (Wildman–Crippen LogP) is 3.44. The Morgan fingerprint density at radius 1 is 1.17 bits per heavy atom. The number of aromatic nitrogens is 3. The second kappa shape index (κ2) is 6.59. The monoisotopic (exact) mass is 406 g/mol. The molecule has 0 amide bonds. The molecular formula is C21H18N4O3S. The lowest BCUT2D eigenvalue weighted by molar-refractivity contribution is 0.356. The standard InChI is InChI=1S/C21H18N4O3S/c1-14-3-4-15(19-13-25-9-2-8-22-21(25)23-19)12-18(14)24-29(26,27)17-5-6-20-16(11-17)7-10-28-20/h2-6,8-9,11-13,24H,7,10H2,1H3. The lowest BCUT2D eigenvalue weighted by Crippen LogP contribution is -2.14. The third kappa shape index (κ3) is 3.21. The summed E-state index contributed by atoms with van der Waals surface area (Å²) in [5.74, 6) is 1.34. The van der Waals surface area contributed by atoms with Crippen LogP contribution in [0.2, 0.25) is 0 Å². The largest absolute Gasteiger partial charge is 0.493 e. The van der Waals surface area contributed by atoms with Crippen molar-refractivity contribution in [3.8, 4) is 17.0 Å². The van der Waals surface area contributed by atoms with E-state index >= 15 is 0 Å². The second-order valence-electron chi connectivity index (χ2n) is 6.96. The van der Waals surface area contributed by atoms with Gasteiger partial charge in [0.2, 0.25) is 5.78 Å². The van der Waals surface area contributed by atoms with Crippen LogP contribution in [0.15, 0.2) is 66.0 Å². The summed E-state index contributed by atoms with van der Waals surface area (Å²) in [6.45, 7) is 2.45. The molecule has 0 radical (unpaired) electrons. The zero-order valence-electron chi connectivity index (χ0n) is 15.7. The first-order chi connectivity index (χ1) is 14.0. The third-order valence-corrected chi connectivity index (χ3v) is 6.35. The van der Waals surface area contributed by atoms with Gasteiger partial charge in [0.15, 0.2) is 0 Å². The maximum atomic E-state index is 13.0. The Morgan fingerprint density at radius 2 is 2.07 bits per heavy atom. The van der Waals surface area contributed by atoms with E-state index in [4.69, 9.17) is 4.74 Å². The molecule has 0 spiro atoms. The van der Waals surface area contributed by atoms with Crippen molar-refractivity contribution in [2.75, 3.05) is 11.3 Å². The summed E-state index contributed by atoms with van der Waals surface area (Å²) in [6, 6.07) is 12.4. The minimum absolute atomic E-state index is 0.225. The van der Waals surface area contributed by atoms with Gasteiger partial charge in [0, 0.05) is 30.6 Å². The van der Waals surface area contributed by atoms with Crippen molar-refractivity contribution in [3.63, 3.8) is 0 Å². The van der Waals surface area contributed by atoms with Gasteiger partial charge in [0.25, 0.3) is 10.0 Å². The molecule has 5 rings (SSSR count). The fourth-order valence-corrected chi connectivity index (χ4v) is 4.57. The molecule has 146 valence electrons. The Balaban J connectivity index is 1.50. The average molecular weight is 406 g/mol. The topological polar surface area (TPSA) is 85.6 Å². The van der Waals surface area contributed by atoms with E-state index in [0.717, 1.165) is 34.6 Å². The first-order valence-corrected chi connectivity index (χ1v) is 10.7.